The van der Waals surface area contributed by atoms with Crippen LogP contribution < -0.4 is 5.32 Å². The summed E-state index contributed by atoms with van der Waals surface area (Å²) in [6, 6.07) is 0. The highest BCUT2D eigenvalue weighted by atomic mass is 32.2. The summed E-state index contributed by atoms with van der Waals surface area (Å²) < 4.78 is 4.86. The molecule has 4 nitrogen and oxygen atoms in total. The molecular weight excluding hydrogens is 236 g/mol. The van der Waals surface area contributed by atoms with Crippen LogP contribution in [0.15, 0.2) is 4.99 Å². The van der Waals surface area contributed by atoms with Crippen LogP contribution in [0, 0.1) is 0 Å². The topological polar surface area (TPSA) is 50.7 Å². The number of carbonyl (C=O) groups excluding carboxylic acids is 1. The average Bonchev–Trinajstić information content (AvgIpc) is 2.73. The lowest BCUT2D eigenvalue weighted by Crippen LogP contribution is -2.21. The zero-order valence-electron chi connectivity index (χ0n) is 10.7. The fourth-order valence-electron chi connectivity index (χ4n) is 1.65. The van der Waals surface area contributed by atoms with Gasteiger partial charge in [0.15, 0.2) is 5.17 Å². The summed E-state index contributed by atoms with van der Waals surface area (Å²) in [6.07, 6.45) is 3.72. The van der Waals surface area contributed by atoms with Gasteiger partial charge in [0.25, 0.3) is 0 Å². The van der Waals surface area contributed by atoms with E-state index in [9.17, 15) is 4.79 Å². The zero-order chi connectivity index (χ0) is 12.5. The second-order valence-electron chi connectivity index (χ2n) is 4.01. The first-order valence-corrected chi connectivity index (χ1v) is 7.24. The highest BCUT2D eigenvalue weighted by Gasteiger charge is 2.17. The van der Waals surface area contributed by atoms with Gasteiger partial charge in [0.1, 0.15) is 0 Å². The molecule has 1 unspecified atom stereocenters. The maximum absolute atomic E-state index is 11.1. The molecule has 0 radical (unpaired) electrons. The molecule has 17 heavy (non-hydrogen) atoms. The van der Waals surface area contributed by atoms with Crippen molar-refractivity contribution in [2.75, 3.05) is 19.7 Å². The molecule has 0 saturated carbocycles. The number of thioether (sulfide) groups is 1. The first-order chi connectivity index (χ1) is 8.26. The smallest absolute Gasteiger partial charge is 0.305 e. The molecular formula is C12H22N2O2S. The van der Waals surface area contributed by atoms with Crippen molar-refractivity contribution in [2.24, 2.45) is 4.99 Å². The lowest BCUT2D eigenvalue weighted by Gasteiger charge is -2.07. The maximum atomic E-state index is 11.1. The molecule has 98 valence electrons. The van der Waals surface area contributed by atoms with Gasteiger partial charge in [0.05, 0.1) is 13.2 Å². The van der Waals surface area contributed by atoms with Gasteiger partial charge in [0, 0.05) is 18.2 Å². The Hall–Kier alpha value is -0.710. The number of carbonyl (C=O) groups is 1. The van der Waals surface area contributed by atoms with Gasteiger partial charge in [-0.3, -0.25) is 9.79 Å². The third kappa shape index (κ3) is 5.96. The fourth-order valence-corrected chi connectivity index (χ4v) is 2.80. The molecule has 1 rings (SSSR count). The number of nitrogens with one attached hydrogen (secondary N) is 1. The van der Waals surface area contributed by atoms with Crippen molar-refractivity contribution < 1.29 is 9.53 Å². The van der Waals surface area contributed by atoms with E-state index in [-0.39, 0.29) is 5.97 Å². The molecule has 1 N–H and O–H groups in total. The minimum absolute atomic E-state index is 0.112. The van der Waals surface area contributed by atoms with Crippen LogP contribution in [0.4, 0.5) is 0 Å². The molecule has 1 heterocycles. The normalized spacial score (nSPS) is 18.9. The second kappa shape index (κ2) is 8.39. The Balaban J connectivity index is 2.02. The number of aliphatic imine (C=N–C) groups is 1. The van der Waals surface area contributed by atoms with Gasteiger partial charge in [0.2, 0.25) is 0 Å². The second-order valence-corrected chi connectivity index (χ2v) is 5.30. The standard InChI is InChI=1S/C12H22N2O2S/c1-3-6-10-9-14-12(17-10)13-8-5-7-11(15)16-4-2/h10H,3-9H2,1-2H3,(H,13,14). The van der Waals surface area contributed by atoms with E-state index in [0.717, 1.165) is 24.7 Å². The van der Waals surface area contributed by atoms with Crippen LogP contribution in [-0.2, 0) is 9.53 Å². The Labute approximate surface area is 108 Å². The van der Waals surface area contributed by atoms with Gasteiger partial charge in [-0.25, -0.2) is 0 Å². The summed E-state index contributed by atoms with van der Waals surface area (Å²) in [5, 5.41) is 4.95. The Kier molecular flexibility index (Phi) is 7.08. The van der Waals surface area contributed by atoms with Crippen molar-refractivity contribution >= 4 is 22.9 Å². The minimum atomic E-state index is -0.112. The lowest BCUT2D eigenvalue weighted by atomic mass is 10.2. The van der Waals surface area contributed by atoms with Crippen LogP contribution in [0.3, 0.4) is 0 Å². The lowest BCUT2D eigenvalue weighted by molar-refractivity contribution is -0.143. The monoisotopic (exact) mass is 258 g/mol. The third-order valence-corrected chi connectivity index (χ3v) is 3.68. The molecule has 0 aliphatic carbocycles. The van der Waals surface area contributed by atoms with E-state index in [4.69, 9.17) is 4.74 Å². The van der Waals surface area contributed by atoms with Crippen LogP contribution in [0.25, 0.3) is 0 Å². The van der Waals surface area contributed by atoms with Crippen molar-refractivity contribution in [3.05, 3.63) is 0 Å². The Morgan fingerprint density at radius 1 is 1.59 bits per heavy atom. The van der Waals surface area contributed by atoms with E-state index >= 15 is 0 Å². The predicted octanol–water partition coefficient (Wildman–Crippen LogP) is 2.19. The van der Waals surface area contributed by atoms with Crippen molar-refractivity contribution in [1.82, 2.24) is 5.32 Å². The number of nitrogens with zero attached hydrogens (tertiary/aromatic N) is 1. The number of hydrogen-bond donors (Lipinski definition) is 1. The molecule has 1 aliphatic rings. The first-order valence-electron chi connectivity index (χ1n) is 6.36. The van der Waals surface area contributed by atoms with Crippen molar-refractivity contribution in [3.63, 3.8) is 0 Å². The SMILES string of the molecule is CCCC1CN=C(NCCCC(=O)OCC)S1. The molecule has 0 amide bonds. The number of esters is 1. The molecule has 1 atom stereocenters. The molecule has 0 fully saturated rings. The summed E-state index contributed by atoms with van der Waals surface area (Å²) in [6.45, 7) is 6.22. The van der Waals surface area contributed by atoms with Crippen molar-refractivity contribution in [2.45, 2.75) is 44.8 Å². The molecule has 0 spiro atoms. The number of ether oxygens (including phenoxy) is 1. The molecule has 1 aliphatic heterocycles. The molecule has 0 aromatic rings. The zero-order valence-corrected chi connectivity index (χ0v) is 11.5. The largest absolute Gasteiger partial charge is 0.466 e. The molecule has 5 heteroatoms. The Bertz CT molecular complexity index is 269. The Morgan fingerprint density at radius 3 is 3.12 bits per heavy atom. The maximum Gasteiger partial charge on any atom is 0.305 e. The summed E-state index contributed by atoms with van der Waals surface area (Å²) in [5.74, 6) is -0.112. The van der Waals surface area contributed by atoms with Gasteiger partial charge < -0.3 is 10.1 Å². The predicted molar refractivity (Wildman–Crippen MR) is 72.5 cm³/mol. The summed E-state index contributed by atoms with van der Waals surface area (Å²) in [5.41, 5.74) is 0. The highest BCUT2D eigenvalue weighted by Crippen LogP contribution is 2.23. The van der Waals surface area contributed by atoms with Gasteiger partial charge in [-0.05, 0) is 19.8 Å². The van der Waals surface area contributed by atoms with E-state index < -0.39 is 0 Å². The molecule has 0 saturated heterocycles. The van der Waals surface area contributed by atoms with Crippen molar-refractivity contribution in [3.8, 4) is 0 Å². The van der Waals surface area contributed by atoms with Gasteiger partial charge in [-0.1, -0.05) is 25.1 Å². The van der Waals surface area contributed by atoms with E-state index in [0.29, 0.717) is 18.3 Å². The van der Waals surface area contributed by atoms with E-state index in [1.165, 1.54) is 12.8 Å². The van der Waals surface area contributed by atoms with E-state index in [2.05, 4.69) is 17.2 Å². The summed E-state index contributed by atoms with van der Waals surface area (Å²) in [7, 11) is 0. The number of amidine groups is 1. The molecule has 0 aromatic heterocycles. The number of hydrogen-bond acceptors (Lipinski definition) is 5. The van der Waals surface area contributed by atoms with Crippen molar-refractivity contribution in [1.29, 1.82) is 0 Å². The summed E-state index contributed by atoms with van der Waals surface area (Å²) in [4.78, 5) is 15.5. The van der Waals surface area contributed by atoms with Crippen LogP contribution in [0.1, 0.15) is 39.5 Å². The van der Waals surface area contributed by atoms with Crippen LogP contribution >= 0.6 is 11.8 Å². The minimum Gasteiger partial charge on any atom is -0.466 e. The summed E-state index contributed by atoms with van der Waals surface area (Å²) >= 11 is 1.83. The molecule has 0 aromatic carbocycles. The highest BCUT2D eigenvalue weighted by molar-refractivity contribution is 8.14. The van der Waals surface area contributed by atoms with E-state index in [1.807, 2.05) is 18.7 Å². The Morgan fingerprint density at radius 2 is 2.41 bits per heavy atom. The van der Waals surface area contributed by atoms with Crippen LogP contribution in [0.5, 0.6) is 0 Å². The number of rotatable bonds is 7. The van der Waals surface area contributed by atoms with E-state index in [1.54, 1.807) is 0 Å². The molecule has 0 bridgehead atoms. The van der Waals surface area contributed by atoms with Gasteiger partial charge in [-0.15, -0.1) is 0 Å². The fraction of sp³-hybridized carbons (Fsp3) is 0.833. The van der Waals surface area contributed by atoms with Gasteiger partial charge in [-0.2, -0.15) is 0 Å². The quantitative estimate of drug-likeness (QED) is 0.562. The van der Waals surface area contributed by atoms with Crippen LogP contribution in [-0.4, -0.2) is 36.1 Å². The van der Waals surface area contributed by atoms with Gasteiger partial charge >= 0.3 is 5.97 Å². The third-order valence-electron chi connectivity index (χ3n) is 2.47. The van der Waals surface area contributed by atoms with Crippen LogP contribution in [0.2, 0.25) is 0 Å². The first kappa shape index (κ1) is 14.4. The average molecular weight is 258 g/mol.